The van der Waals surface area contributed by atoms with Crippen LogP contribution in [0.3, 0.4) is 0 Å². The van der Waals surface area contributed by atoms with Crippen molar-refractivity contribution in [3.63, 3.8) is 0 Å². The van der Waals surface area contributed by atoms with Gasteiger partial charge in [-0.15, -0.1) is 0 Å². The molecule has 0 saturated heterocycles. The third kappa shape index (κ3) is 5.12. The van der Waals surface area contributed by atoms with Gasteiger partial charge in [-0.2, -0.15) is 0 Å². The minimum atomic E-state index is 0.207. The van der Waals surface area contributed by atoms with Crippen LogP contribution < -0.4 is 10.1 Å². The van der Waals surface area contributed by atoms with Crippen LogP contribution in [-0.4, -0.2) is 17.6 Å². The third-order valence-corrected chi connectivity index (χ3v) is 2.02. The molecule has 1 N–H and O–H groups in total. The van der Waals surface area contributed by atoms with Crippen LogP contribution >= 0.6 is 0 Å². The first-order valence-corrected chi connectivity index (χ1v) is 5.90. The van der Waals surface area contributed by atoms with Crippen molar-refractivity contribution in [1.82, 2.24) is 10.3 Å². The van der Waals surface area contributed by atoms with Crippen LogP contribution in [0.15, 0.2) is 18.3 Å². The molecule has 16 heavy (non-hydrogen) atoms. The van der Waals surface area contributed by atoms with Gasteiger partial charge >= 0.3 is 0 Å². The summed E-state index contributed by atoms with van der Waals surface area (Å²) in [6.45, 7) is 10.2. The number of nitrogens with one attached hydrogen (secondary N) is 1. The predicted octanol–water partition coefficient (Wildman–Crippen LogP) is 2.61. The highest BCUT2D eigenvalue weighted by Crippen LogP contribution is 2.12. The van der Waals surface area contributed by atoms with Gasteiger partial charge in [0.05, 0.1) is 11.8 Å². The quantitative estimate of drug-likeness (QED) is 0.803. The van der Waals surface area contributed by atoms with Gasteiger partial charge in [-0.3, -0.25) is 4.98 Å². The van der Waals surface area contributed by atoms with Gasteiger partial charge in [0.25, 0.3) is 0 Å². The molecular weight excluding hydrogens is 200 g/mol. The van der Waals surface area contributed by atoms with Crippen LogP contribution in [0.5, 0.6) is 5.75 Å². The highest BCUT2D eigenvalue weighted by Gasteiger charge is 2.01. The summed E-state index contributed by atoms with van der Waals surface area (Å²) in [4.78, 5) is 4.30. The molecule has 0 aliphatic carbocycles. The molecular formula is C13H22N2O. The van der Waals surface area contributed by atoms with E-state index in [2.05, 4.69) is 24.1 Å². The van der Waals surface area contributed by atoms with Crippen LogP contribution in [0.2, 0.25) is 0 Å². The van der Waals surface area contributed by atoms with Gasteiger partial charge in [-0.05, 0) is 32.4 Å². The predicted molar refractivity (Wildman–Crippen MR) is 66.5 cm³/mol. The van der Waals surface area contributed by atoms with E-state index >= 15 is 0 Å². The van der Waals surface area contributed by atoms with Gasteiger partial charge in [0.2, 0.25) is 0 Å². The Hall–Kier alpha value is -1.09. The summed E-state index contributed by atoms with van der Waals surface area (Å²) in [5.41, 5.74) is 1.03. The Balaban J connectivity index is 2.47. The second-order valence-corrected chi connectivity index (χ2v) is 4.67. The maximum Gasteiger partial charge on any atom is 0.123 e. The lowest BCUT2D eigenvalue weighted by Gasteiger charge is -2.11. The number of hydrogen-bond acceptors (Lipinski definition) is 3. The van der Waals surface area contributed by atoms with E-state index < -0.39 is 0 Å². The minimum Gasteiger partial charge on any atom is -0.491 e. The summed E-state index contributed by atoms with van der Waals surface area (Å²) in [6.07, 6.45) is 2.00. The maximum atomic E-state index is 5.61. The van der Waals surface area contributed by atoms with Crippen molar-refractivity contribution in [3.8, 4) is 5.75 Å². The molecule has 0 fully saturated rings. The first kappa shape index (κ1) is 13.0. The van der Waals surface area contributed by atoms with Crippen molar-refractivity contribution >= 4 is 0 Å². The molecule has 0 aliphatic heterocycles. The molecule has 0 unspecified atom stereocenters. The summed E-state index contributed by atoms with van der Waals surface area (Å²) in [7, 11) is 0. The van der Waals surface area contributed by atoms with E-state index in [4.69, 9.17) is 4.74 Å². The molecule has 3 nitrogen and oxygen atoms in total. The van der Waals surface area contributed by atoms with Gasteiger partial charge in [0, 0.05) is 18.8 Å². The summed E-state index contributed by atoms with van der Waals surface area (Å²) in [6, 6.07) is 3.89. The van der Waals surface area contributed by atoms with Crippen LogP contribution in [-0.2, 0) is 6.54 Å². The molecule has 0 radical (unpaired) electrons. The van der Waals surface area contributed by atoms with Crippen molar-refractivity contribution in [2.75, 3.05) is 6.54 Å². The lowest BCUT2D eigenvalue weighted by atomic mass is 10.2. The Morgan fingerprint density at radius 3 is 2.69 bits per heavy atom. The second-order valence-electron chi connectivity index (χ2n) is 4.67. The van der Waals surface area contributed by atoms with Crippen molar-refractivity contribution in [1.29, 1.82) is 0 Å². The van der Waals surface area contributed by atoms with E-state index in [1.807, 2.05) is 26.0 Å². The normalized spacial score (nSPS) is 11.1. The molecule has 90 valence electrons. The third-order valence-electron chi connectivity index (χ3n) is 2.02. The van der Waals surface area contributed by atoms with E-state index in [0.717, 1.165) is 24.5 Å². The summed E-state index contributed by atoms with van der Waals surface area (Å²) in [5, 5.41) is 3.36. The fraction of sp³-hybridized carbons (Fsp3) is 0.615. The SMILES string of the molecule is CC(C)CNCc1cc(OC(C)C)ccn1. The lowest BCUT2D eigenvalue weighted by molar-refractivity contribution is 0.242. The van der Waals surface area contributed by atoms with Crippen molar-refractivity contribution in [2.24, 2.45) is 5.92 Å². The topological polar surface area (TPSA) is 34.1 Å². The minimum absolute atomic E-state index is 0.207. The van der Waals surface area contributed by atoms with Crippen molar-refractivity contribution < 1.29 is 4.74 Å². The first-order chi connectivity index (χ1) is 7.58. The van der Waals surface area contributed by atoms with E-state index in [0.29, 0.717) is 5.92 Å². The maximum absolute atomic E-state index is 5.61. The fourth-order valence-electron chi connectivity index (χ4n) is 1.39. The standard InChI is InChI=1S/C13H22N2O/c1-10(2)8-14-9-12-7-13(5-6-15-12)16-11(3)4/h5-7,10-11,14H,8-9H2,1-4H3. The van der Waals surface area contributed by atoms with Gasteiger partial charge in [0.15, 0.2) is 0 Å². The average molecular weight is 222 g/mol. The molecule has 1 rings (SSSR count). The smallest absolute Gasteiger partial charge is 0.123 e. The molecule has 0 spiro atoms. The fourth-order valence-corrected chi connectivity index (χ4v) is 1.39. The largest absolute Gasteiger partial charge is 0.491 e. The zero-order valence-corrected chi connectivity index (χ0v) is 10.7. The summed E-state index contributed by atoms with van der Waals surface area (Å²) < 4.78 is 5.61. The van der Waals surface area contributed by atoms with Gasteiger partial charge in [-0.1, -0.05) is 13.8 Å². The number of rotatable bonds is 6. The molecule has 0 aliphatic rings. The van der Waals surface area contributed by atoms with E-state index in [-0.39, 0.29) is 6.10 Å². The number of ether oxygens (including phenoxy) is 1. The van der Waals surface area contributed by atoms with Gasteiger partial charge in [0.1, 0.15) is 5.75 Å². The number of nitrogens with zero attached hydrogens (tertiary/aromatic N) is 1. The Labute approximate surface area is 98.2 Å². The summed E-state index contributed by atoms with van der Waals surface area (Å²) >= 11 is 0. The highest BCUT2D eigenvalue weighted by molar-refractivity contribution is 5.22. The molecule has 0 amide bonds. The molecule has 1 aromatic rings. The van der Waals surface area contributed by atoms with Crippen LogP contribution in [0, 0.1) is 5.92 Å². The van der Waals surface area contributed by atoms with Crippen LogP contribution in [0.25, 0.3) is 0 Å². The molecule has 0 atom stereocenters. The first-order valence-electron chi connectivity index (χ1n) is 5.90. The Kier molecular flexibility index (Phi) is 5.26. The Morgan fingerprint density at radius 1 is 1.31 bits per heavy atom. The molecule has 3 heteroatoms. The Morgan fingerprint density at radius 2 is 2.06 bits per heavy atom. The molecule has 0 aromatic carbocycles. The number of pyridine rings is 1. The van der Waals surface area contributed by atoms with Gasteiger partial charge < -0.3 is 10.1 Å². The van der Waals surface area contributed by atoms with Crippen molar-refractivity contribution in [3.05, 3.63) is 24.0 Å². The van der Waals surface area contributed by atoms with Gasteiger partial charge in [-0.25, -0.2) is 0 Å². The zero-order valence-electron chi connectivity index (χ0n) is 10.7. The van der Waals surface area contributed by atoms with E-state index in [9.17, 15) is 0 Å². The number of aromatic nitrogens is 1. The van der Waals surface area contributed by atoms with Crippen molar-refractivity contribution in [2.45, 2.75) is 40.3 Å². The van der Waals surface area contributed by atoms with E-state index in [1.54, 1.807) is 6.20 Å². The highest BCUT2D eigenvalue weighted by atomic mass is 16.5. The lowest BCUT2D eigenvalue weighted by Crippen LogP contribution is -2.19. The zero-order chi connectivity index (χ0) is 12.0. The summed E-state index contributed by atoms with van der Waals surface area (Å²) in [5.74, 6) is 1.56. The number of hydrogen-bond donors (Lipinski definition) is 1. The van der Waals surface area contributed by atoms with Crippen LogP contribution in [0.1, 0.15) is 33.4 Å². The second kappa shape index (κ2) is 6.48. The molecule has 1 heterocycles. The average Bonchev–Trinajstić information content (AvgIpc) is 2.16. The monoisotopic (exact) mass is 222 g/mol. The van der Waals surface area contributed by atoms with E-state index in [1.165, 1.54) is 0 Å². The Bertz CT molecular complexity index is 311. The molecule has 0 bridgehead atoms. The molecule has 0 saturated carbocycles. The molecule has 1 aromatic heterocycles. The van der Waals surface area contributed by atoms with Crippen LogP contribution in [0.4, 0.5) is 0 Å².